The van der Waals surface area contributed by atoms with E-state index < -0.39 is 0 Å². The summed E-state index contributed by atoms with van der Waals surface area (Å²) in [5.74, 6) is 0.226. The molecule has 4 heteroatoms. The zero-order chi connectivity index (χ0) is 12.8. The minimum Gasteiger partial charge on any atom is -0.349 e. The highest BCUT2D eigenvalue weighted by molar-refractivity contribution is 5.75. The third-order valence-corrected chi connectivity index (χ3v) is 3.76. The molecule has 1 aliphatic carbocycles. The fourth-order valence-electron chi connectivity index (χ4n) is 2.43. The SMILES string of the molecule is CN(C)C(=O)CCCN(C)C1CCC(N)CC1. The van der Waals surface area contributed by atoms with Gasteiger partial charge in [0, 0.05) is 32.6 Å². The number of hydrogen-bond acceptors (Lipinski definition) is 3. The van der Waals surface area contributed by atoms with Gasteiger partial charge in [0.1, 0.15) is 0 Å². The molecule has 2 N–H and O–H groups in total. The second-order valence-electron chi connectivity index (χ2n) is 5.44. The molecule has 0 spiro atoms. The predicted octanol–water partition coefficient (Wildman–Crippen LogP) is 1.06. The van der Waals surface area contributed by atoms with Crippen LogP contribution in [0.2, 0.25) is 0 Å². The standard InChI is InChI=1S/C13H27N3O/c1-15(2)13(17)5-4-10-16(3)12-8-6-11(14)7-9-12/h11-12H,4-10,14H2,1-3H3. The second kappa shape index (κ2) is 6.97. The van der Waals surface area contributed by atoms with Crippen molar-refractivity contribution in [3.8, 4) is 0 Å². The first kappa shape index (κ1) is 14.5. The van der Waals surface area contributed by atoms with Gasteiger partial charge in [0.05, 0.1) is 0 Å². The van der Waals surface area contributed by atoms with E-state index >= 15 is 0 Å². The van der Waals surface area contributed by atoms with Crippen LogP contribution < -0.4 is 5.73 Å². The van der Waals surface area contributed by atoms with Gasteiger partial charge in [-0.1, -0.05) is 0 Å². The van der Waals surface area contributed by atoms with Gasteiger partial charge < -0.3 is 15.5 Å². The summed E-state index contributed by atoms with van der Waals surface area (Å²) in [6.45, 7) is 1.01. The molecular formula is C13H27N3O. The lowest BCUT2D eigenvalue weighted by atomic mass is 9.91. The lowest BCUT2D eigenvalue weighted by Crippen LogP contribution is -2.39. The average Bonchev–Trinajstić information content (AvgIpc) is 2.29. The average molecular weight is 241 g/mol. The van der Waals surface area contributed by atoms with Crippen LogP contribution in [0.3, 0.4) is 0 Å². The van der Waals surface area contributed by atoms with Crippen LogP contribution in [-0.2, 0) is 4.79 Å². The molecule has 0 unspecified atom stereocenters. The van der Waals surface area contributed by atoms with Gasteiger partial charge in [0.25, 0.3) is 0 Å². The molecular weight excluding hydrogens is 214 g/mol. The van der Waals surface area contributed by atoms with Crippen molar-refractivity contribution < 1.29 is 4.79 Å². The van der Waals surface area contributed by atoms with Crippen molar-refractivity contribution in [2.45, 2.75) is 50.6 Å². The molecule has 0 heterocycles. The van der Waals surface area contributed by atoms with E-state index in [1.165, 1.54) is 12.8 Å². The topological polar surface area (TPSA) is 49.6 Å². The van der Waals surface area contributed by atoms with Crippen LogP contribution in [0.1, 0.15) is 38.5 Å². The van der Waals surface area contributed by atoms with Gasteiger partial charge in [-0.15, -0.1) is 0 Å². The van der Waals surface area contributed by atoms with Crippen molar-refractivity contribution in [1.82, 2.24) is 9.80 Å². The number of carbonyl (C=O) groups excluding carboxylic acids is 1. The summed E-state index contributed by atoms with van der Waals surface area (Å²) < 4.78 is 0. The van der Waals surface area contributed by atoms with Crippen LogP contribution in [0.25, 0.3) is 0 Å². The summed E-state index contributed by atoms with van der Waals surface area (Å²) in [6, 6.07) is 1.08. The Bertz CT molecular complexity index is 235. The molecule has 100 valence electrons. The zero-order valence-electron chi connectivity index (χ0n) is 11.5. The Hall–Kier alpha value is -0.610. The predicted molar refractivity (Wildman–Crippen MR) is 70.8 cm³/mol. The van der Waals surface area contributed by atoms with Crippen molar-refractivity contribution in [2.75, 3.05) is 27.7 Å². The first-order valence-electron chi connectivity index (χ1n) is 6.66. The van der Waals surface area contributed by atoms with Crippen LogP contribution in [-0.4, -0.2) is 55.5 Å². The van der Waals surface area contributed by atoms with E-state index in [0.29, 0.717) is 18.5 Å². The van der Waals surface area contributed by atoms with E-state index in [2.05, 4.69) is 11.9 Å². The quantitative estimate of drug-likeness (QED) is 0.783. The molecule has 1 rings (SSSR count). The Labute approximate surface area is 105 Å². The summed E-state index contributed by atoms with van der Waals surface area (Å²) in [5.41, 5.74) is 5.90. The normalized spacial score (nSPS) is 25.0. The van der Waals surface area contributed by atoms with Gasteiger partial charge in [-0.25, -0.2) is 0 Å². The summed E-state index contributed by atoms with van der Waals surface area (Å²) in [4.78, 5) is 15.5. The second-order valence-corrected chi connectivity index (χ2v) is 5.44. The van der Waals surface area contributed by atoms with Crippen molar-refractivity contribution in [3.63, 3.8) is 0 Å². The van der Waals surface area contributed by atoms with E-state index in [0.717, 1.165) is 25.8 Å². The fourth-order valence-corrected chi connectivity index (χ4v) is 2.43. The highest BCUT2D eigenvalue weighted by atomic mass is 16.2. The Morgan fingerprint density at radius 3 is 2.29 bits per heavy atom. The van der Waals surface area contributed by atoms with Crippen LogP contribution in [0.15, 0.2) is 0 Å². The van der Waals surface area contributed by atoms with E-state index in [4.69, 9.17) is 5.73 Å². The highest BCUT2D eigenvalue weighted by Gasteiger charge is 2.21. The Balaban J connectivity index is 2.16. The molecule has 0 aromatic carbocycles. The molecule has 1 amide bonds. The molecule has 1 fully saturated rings. The number of carbonyl (C=O) groups is 1. The Kier molecular flexibility index (Phi) is 5.92. The van der Waals surface area contributed by atoms with E-state index in [1.54, 1.807) is 4.90 Å². The zero-order valence-corrected chi connectivity index (χ0v) is 11.5. The maximum absolute atomic E-state index is 11.4. The van der Waals surface area contributed by atoms with Crippen LogP contribution in [0.4, 0.5) is 0 Å². The molecule has 4 nitrogen and oxygen atoms in total. The smallest absolute Gasteiger partial charge is 0.222 e. The van der Waals surface area contributed by atoms with Crippen molar-refractivity contribution in [1.29, 1.82) is 0 Å². The molecule has 1 aliphatic rings. The third-order valence-electron chi connectivity index (χ3n) is 3.76. The maximum Gasteiger partial charge on any atom is 0.222 e. The van der Waals surface area contributed by atoms with Gasteiger partial charge in [-0.3, -0.25) is 4.79 Å². The fraction of sp³-hybridized carbons (Fsp3) is 0.923. The number of nitrogens with zero attached hydrogens (tertiary/aromatic N) is 2. The molecule has 0 atom stereocenters. The molecule has 0 saturated heterocycles. The largest absolute Gasteiger partial charge is 0.349 e. The molecule has 0 aliphatic heterocycles. The number of nitrogens with two attached hydrogens (primary N) is 1. The Morgan fingerprint density at radius 2 is 1.76 bits per heavy atom. The molecule has 17 heavy (non-hydrogen) atoms. The van der Waals surface area contributed by atoms with E-state index in [-0.39, 0.29) is 5.91 Å². The van der Waals surface area contributed by atoms with Crippen LogP contribution in [0, 0.1) is 0 Å². The number of rotatable bonds is 5. The van der Waals surface area contributed by atoms with Gasteiger partial charge in [-0.05, 0) is 45.7 Å². The molecule has 0 aromatic rings. The maximum atomic E-state index is 11.4. The molecule has 0 aromatic heterocycles. The van der Waals surface area contributed by atoms with Gasteiger partial charge in [0.15, 0.2) is 0 Å². The minimum absolute atomic E-state index is 0.226. The van der Waals surface area contributed by atoms with E-state index in [1.807, 2.05) is 14.1 Å². The summed E-state index contributed by atoms with van der Waals surface area (Å²) in [6.07, 6.45) is 6.31. The first-order chi connectivity index (χ1) is 8.00. The summed E-state index contributed by atoms with van der Waals surface area (Å²) >= 11 is 0. The number of amides is 1. The Morgan fingerprint density at radius 1 is 1.18 bits per heavy atom. The van der Waals surface area contributed by atoms with Crippen molar-refractivity contribution in [3.05, 3.63) is 0 Å². The molecule has 0 bridgehead atoms. The first-order valence-corrected chi connectivity index (χ1v) is 6.66. The van der Waals surface area contributed by atoms with Crippen LogP contribution >= 0.6 is 0 Å². The lowest BCUT2D eigenvalue weighted by Gasteiger charge is -2.33. The molecule has 1 saturated carbocycles. The van der Waals surface area contributed by atoms with Crippen molar-refractivity contribution >= 4 is 5.91 Å². The lowest BCUT2D eigenvalue weighted by molar-refractivity contribution is -0.128. The molecule has 0 radical (unpaired) electrons. The van der Waals surface area contributed by atoms with Gasteiger partial charge in [0.2, 0.25) is 5.91 Å². The van der Waals surface area contributed by atoms with Gasteiger partial charge in [-0.2, -0.15) is 0 Å². The van der Waals surface area contributed by atoms with Crippen LogP contribution in [0.5, 0.6) is 0 Å². The summed E-state index contributed by atoms with van der Waals surface area (Å²) in [5, 5.41) is 0. The number of hydrogen-bond donors (Lipinski definition) is 1. The highest BCUT2D eigenvalue weighted by Crippen LogP contribution is 2.21. The van der Waals surface area contributed by atoms with Gasteiger partial charge >= 0.3 is 0 Å². The summed E-state index contributed by atoms with van der Waals surface area (Å²) in [7, 11) is 5.80. The van der Waals surface area contributed by atoms with Crippen molar-refractivity contribution in [2.24, 2.45) is 5.73 Å². The van der Waals surface area contributed by atoms with E-state index in [9.17, 15) is 4.79 Å². The third kappa shape index (κ3) is 5.04. The minimum atomic E-state index is 0.226. The monoisotopic (exact) mass is 241 g/mol.